The van der Waals surface area contributed by atoms with Crippen LogP contribution in [0.15, 0.2) is 17.1 Å². The Morgan fingerprint density at radius 3 is 2.58 bits per heavy atom. The number of hydrogen-bond acceptors (Lipinski definition) is 9. The summed E-state index contributed by atoms with van der Waals surface area (Å²) in [4.78, 5) is 50.5. The number of carboxylic acid groups (broad SMARTS) is 1. The van der Waals surface area contributed by atoms with Gasteiger partial charge < -0.3 is 24.4 Å². The van der Waals surface area contributed by atoms with Crippen LogP contribution in [0.2, 0.25) is 0 Å². The fraction of sp³-hybridized carbons (Fsp3) is 0.667. The quantitative estimate of drug-likeness (QED) is 0.339. The molecule has 1 aliphatic heterocycles. The van der Waals surface area contributed by atoms with Gasteiger partial charge in [-0.15, -0.1) is 0 Å². The Morgan fingerprint density at radius 1 is 1.27 bits per heavy atom. The first-order valence-corrected chi connectivity index (χ1v) is 10.7. The Balaban J connectivity index is 1.91. The number of carbonyl (C=O) groups excluding carboxylic acids is 2. The number of ether oxygens (including phenoxy) is 3. The lowest BCUT2D eigenvalue weighted by molar-refractivity contribution is -0.150. The largest absolute Gasteiger partial charge is 0.481 e. The van der Waals surface area contributed by atoms with Crippen LogP contribution in [0.25, 0.3) is 0 Å². The second kappa shape index (κ2) is 11.8. The maximum atomic E-state index is 12.4. The molecule has 1 fully saturated rings. The Hall–Kier alpha value is -2.99. The van der Waals surface area contributed by atoms with Crippen LogP contribution in [0.4, 0.5) is 10.6 Å². The topological polar surface area (TPSA) is 166 Å². The number of rotatable bonds is 10. The van der Waals surface area contributed by atoms with Gasteiger partial charge in [-0.05, 0) is 39.7 Å². The molecule has 1 amide bonds. The molecule has 12 heteroatoms. The maximum absolute atomic E-state index is 12.4. The zero-order valence-electron chi connectivity index (χ0n) is 19.0. The van der Waals surface area contributed by atoms with Crippen LogP contribution in [0.1, 0.15) is 59.1 Å². The molecule has 3 atom stereocenters. The van der Waals surface area contributed by atoms with Gasteiger partial charge in [-0.1, -0.05) is 0 Å². The average Bonchev–Trinajstić information content (AvgIpc) is 3.11. The Kier molecular flexibility index (Phi) is 9.35. The molecule has 3 N–H and O–H groups in total. The zero-order valence-corrected chi connectivity index (χ0v) is 19.0. The lowest BCUT2D eigenvalue weighted by Crippen LogP contribution is -2.31. The van der Waals surface area contributed by atoms with E-state index in [0.717, 1.165) is 0 Å². The number of nitrogens with zero attached hydrogens (tertiary/aromatic N) is 2. The van der Waals surface area contributed by atoms with Gasteiger partial charge in [-0.3, -0.25) is 19.5 Å². The van der Waals surface area contributed by atoms with E-state index >= 15 is 0 Å². The van der Waals surface area contributed by atoms with Crippen molar-refractivity contribution in [3.63, 3.8) is 0 Å². The molecule has 0 radical (unpaired) electrons. The lowest BCUT2D eigenvalue weighted by atomic mass is 10.0. The number of amides is 1. The van der Waals surface area contributed by atoms with Crippen molar-refractivity contribution in [3.05, 3.63) is 22.7 Å². The van der Waals surface area contributed by atoms with Gasteiger partial charge in [0.05, 0.1) is 6.10 Å². The summed E-state index contributed by atoms with van der Waals surface area (Å²) in [5.74, 6) is -1.74. The number of unbranched alkanes of at least 4 members (excludes halogenated alkanes) is 1. The van der Waals surface area contributed by atoms with E-state index in [2.05, 4.69) is 10.3 Å². The fourth-order valence-corrected chi connectivity index (χ4v) is 3.23. The molecule has 0 aromatic carbocycles. The highest BCUT2D eigenvalue weighted by Gasteiger charge is 2.37. The van der Waals surface area contributed by atoms with Crippen LogP contribution in [-0.2, 0) is 23.8 Å². The van der Waals surface area contributed by atoms with Crippen molar-refractivity contribution < 1.29 is 38.8 Å². The predicted octanol–water partition coefficient (Wildman–Crippen LogP) is 1.67. The number of esters is 1. The molecule has 2 rings (SSSR count). The number of carbonyl (C=O) groups is 3. The van der Waals surface area contributed by atoms with Gasteiger partial charge in [-0.25, -0.2) is 9.59 Å². The Morgan fingerprint density at radius 2 is 1.97 bits per heavy atom. The summed E-state index contributed by atoms with van der Waals surface area (Å²) < 4.78 is 17.4. The summed E-state index contributed by atoms with van der Waals surface area (Å²) in [6.45, 7) is 4.80. The number of aliphatic carboxylic acids is 1. The number of aromatic nitrogens is 2. The van der Waals surface area contributed by atoms with Gasteiger partial charge in [0.2, 0.25) is 0 Å². The summed E-state index contributed by atoms with van der Waals surface area (Å²) in [6, 6.07) is 1.42. The molecule has 184 valence electrons. The number of carboxylic acids is 1. The second-order valence-corrected chi connectivity index (χ2v) is 8.72. The highest BCUT2D eigenvalue weighted by atomic mass is 16.6. The van der Waals surface area contributed by atoms with Crippen molar-refractivity contribution >= 4 is 23.8 Å². The number of hydrogen-bond donors (Lipinski definition) is 3. The molecular formula is C21H31N3O9. The number of anilines is 1. The van der Waals surface area contributed by atoms with Crippen molar-refractivity contribution in [1.29, 1.82) is 0 Å². The van der Waals surface area contributed by atoms with Gasteiger partial charge in [-0.2, -0.15) is 4.98 Å². The van der Waals surface area contributed by atoms with Crippen LogP contribution in [0, 0.1) is 5.92 Å². The minimum atomic E-state index is -0.919. The molecule has 1 aromatic rings. The van der Waals surface area contributed by atoms with E-state index in [1.807, 2.05) is 0 Å². The first kappa shape index (κ1) is 26.3. The van der Waals surface area contributed by atoms with Crippen molar-refractivity contribution in [2.24, 2.45) is 5.92 Å². The lowest BCUT2D eigenvalue weighted by Gasteiger charge is -2.19. The second-order valence-electron chi connectivity index (χ2n) is 8.72. The number of aliphatic hydroxyl groups is 1. The molecule has 0 saturated carbocycles. The summed E-state index contributed by atoms with van der Waals surface area (Å²) in [5.41, 5.74) is -1.37. The fourth-order valence-electron chi connectivity index (χ4n) is 3.23. The standard InChI is InChI=1S/C21H31N3O9/c1-21(2,3)33-20(30)23-15-8-9-24(19(29)22-15)16-10-13(11-25)14(32-16)12-31-18(28)7-5-4-6-17(26)27/h8-9,13-14,16,25H,4-7,10-12H2,1-3H3,(H,26,27)(H,22,23,29,30)/t13-,14-,16-/m1/s1. The van der Waals surface area contributed by atoms with E-state index in [1.54, 1.807) is 20.8 Å². The third kappa shape index (κ3) is 8.81. The first-order valence-electron chi connectivity index (χ1n) is 10.7. The average molecular weight is 469 g/mol. The number of nitrogens with one attached hydrogen (secondary N) is 1. The van der Waals surface area contributed by atoms with Gasteiger partial charge in [0.15, 0.2) is 0 Å². The molecule has 0 aliphatic carbocycles. The molecule has 1 aromatic heterocycles. The van der Waals surface area contributed by atoms with E-state index in [-0.39, 0.29) is 37.8 Å². The molecule has 0 spiro atoms. The van der Waals surface area contributed by atoms with Crippen molar-refractivity contribution in [3.8, 4) is 0 Å². The molecule has 1 saturated heterocycles. The van der Waals surface area contributed by atoms with E-state index in [9.17, 15) is 24.3 Å². The van der Waals surface area contributed by atoms with E-state index in [4.69, 9.17) is 19.3 Å². The van der Waals surface area contributed by atoms with Crippen LogP contribution in [-0.4, -0.2) is 62.7 Å². The smallest absolute Gasteiger partial charge is 0.413 e. The molecule has 33 heavy (non-hydrogen) atoms. The third-order valence-corrected chi connectivity index (χ3v) is 4.80. The molecule has 12 nitrogen and oxygen atoms in total. The van der Waals surface area contributed by atoms with E-state index < -0.39 is 41.7 Å². The maximum Gasteiger partial charge on any atom is 0.413 e. The highest BCUT2D eigenvalue weighted by Crippen LogP contribution is 2.32. The van der Waals surface area contributed by atoms with Gasteiger partial charge in [0.1, 0.15) is 24.3 Å². The van der Waals surface area contributed by atoms with Crippen LogP contribution >= 0.6 is 0 Å². The summed E-state index contributed by atoms with van der Waals surface area (Å²) >= 11 is 0. The van der Waals surface area contributed by atoms with E-state index in [1.165, 1.54) is 16.8 Å². The van der Waals surface area contributed by atoms with Crippen molar-refractivity contribution in [2.75, 3.05) is 18.5 Å². The van der Waals surface area contributed by atoms with Gasteiger partial charge in [0, 0.05) is 38.0 Å². The first-order chi connectivity index (χ1) is 15.5. The van der Waals surface area contributed by atoms with Gasteiger partial charge >= 0.3 is 23.7 Å². The minimum absolute atomic E-state index is 0.0118. The highest BCUT2D eigenvalue weighted by molar-refractivity contribution is 5.83. The third-order valence-electron chi connectivity index (χ3n) is 4.80. The molecule has 0 bridgehead atoms. The summed E-state index contributed by atoms with van der Waals surface area (Å²) in [5, 5.41) is 20.7. The number of aliphatic hydroxyl groups excluding tert-OH is 1. The SMILES string of the molecule is CC(C)(C)OC(=O)Nc1ccn([C@H]2C[C@H](CO)[C@@H](COC(=O)CCCCC(=O)O)O2)c(=O)n1. The molecule has 2 heterocycles. The van der Waals surface area contributed by atoms with Gasteiger partial charge in [0.25, 0.3) is 0 Å². The summed E-state index contributed by atoms with van der Waals surface area (Å²) in [6.07, 6.45) is 0.481. The molecule has 0 unspecified atom stereocenters. The van der Waals surface area contributed by atoms with Crippen LogP contribution < -0.4 is 11.0 Å². The predicted molar refractivity (Wildman–Crippen MR) is 115 cm³/mol. The Labute approximate surface area is 190 Å². The summed E-state index contributed by atoms with van der Waals surface area (Å²) in [7, 11) is 0. The minimum Gasteiger partial charge on any atom is -0.481 e. The monoisotopic (exact) mass is 469 g/mol. The zero-order chi connectivity index (χ0) is 24.6. The molecular weight excluding hydrogens is 438 g/mol. The van der Waals surface area contributed by atoms with Crippen LogP contribution in [0.3, 0.4) is 0 Å². The van der Waals surface area contributed by atoms with E-state index in [0.29, 0.717) is 19.3 Å². The van der Waals surface area contributed by atoms with Crippen molar-refractivity contribution in [1.82, 2.24) is 9.55 Å². The molecule has 1 aliphatic rings. The van der Waals surface area contributed by atoms with Crippen LogP contribution in [0.5, 0.6) is 0 Å². The van der Waals surface area contributed by atoms with Crippen molar-refractivity contribution in [2.45, 2.75) is 70.8 Å². The Bertz CT molecular complexity index is 894. The normalized spacial score (nSPS) is 20.3.